The lowest BCUT2D eigenvalue weighted by atomic mass is 9.87. The Bertz CT molecular complexity index is 1090. The van der Waals surface area contributed by atoms with Gasteiger partial charge in [0.15, 0.2) is 11.6 Å². The van der Waals surface area contributed by atoms with Crippen molar-refractivity contribution in [2.75, 3.05) is 7.11 Å². The fourth-order valence-electron chi connectivity index (χ4n) is 3.14. The van der Waals surface area contributed by atoms with Crippen molar-refractivity contribution in [1.29, 1.82) is 0 Å². The maximum absolute atomic E-state index is 14.1. The predicted molar refractivity (Wildman–Crippen MR) is 97.1 cm³/mol. The second-order valence-electron chi connectivity index (χ2n) is 6.43. The lowest BCUT2D eigenvalue weighted by Gasteiger charge is -2.16. The number of carbonyl (C=O) groups is 1. The number of aromatic hydroxyl groups is 1. The molecule has 0 bridgehead atoms. The molecule has 0 saturated heterocycles. The standard InChI is InChI=1S/C20H17F3N2O4/c1-29-18(27)8-13(10-2-4-12(26)5-3-10)19-17(24-25-20(19)28)7-11-6-15(22)16(23)9-14(11)21/h2-6,9,13,26H,7-8H2,1H3,(H2,24,25,28)/t13-/m0/s1. The largest absolute Gasteiger partial charge is 0.508 e. The second-order valence-corrected chi connectivity index (χ2v) is 6.43. The number of nitrogens with one attached hydrogen (secondary N) is 2. The number of H-pyrrole nitrogens is 2. The molecule has 0 aliphatic rings. The van der Waals surface area contributed by atoms with Gasteiger partial charge in [0.1, 0.15) is 11.6 Å². The van der Waals surface area contributed by atoms with E-state index in [-0.39, 0.29) is 35.4 Å². The zero-order valence-corrected chi connectivity index (χ0v) is 15.3. The molecule has 3 rings (SSSR count). The summed E-state index contributed by atoms with van der Waals surface area (Å²) in [5.41, 5.74) is 0.158. The van der Waals surface area contributed by atoms with Gasteiger partial charge in [0, 0.05) is 29.7 Å². The van der Waals surface area contributed by atoms with Gasteiger partial charge in [0.05, 0.1) is 13.5 Å². The molecule has 2 aromatic carbocycles. The third-order valence-corrected chi connectivity index (χ3v) is 4.60. The normalized spacial score (nSPS) is 12.0. The number of phenols is 1. The number of methoxy groups -OCH3 is 1. The maximum Gasteiger partial charge on any atom is 0.306 e. The van der Waals surface area contributed by atoms with Gasteiger partial charge >= 0.3 is 5.97 Å². The number of esters is 1. The Kier molecular flexibility index (Phi) is 5.76. The van der Waals surface area contributed by atoms with E-state index in [2.05, 4.69) is 10.2 Å². The van der Waals surface area contributed by atoms with Crippen LogP contribution < -0.4 is 5.56 Å². The number of ether oxygens (including phenoxy) is 1. The number of hydrogen-bond acceptors (Lipinski definition) is 4. The predicted octanol–water partition coefficient (Wildman–Crippen LogP) is 3.11. The van der Waals surface area contributed by atoms with Crippen LogP contribution in [0.15, 0.2) is 41.2 Å². The molecule has 1 atom stereocenters. The molecule has 1 heterocycles. The molecule has 0 spiro atoms. The van der Waals surface area contributed by atoms with Crippen LogP contribution in [0.2, 0.25) is 0 Å². The van der Waals surface area contributed by atoms with E-state index in [0.717, 1.165) is 6.07 Å². The van der Waals surface area contributed by atoms with Crippen LogP contribution in [0, 0.1) is 17.5 Å². The zero-order valence-electron chi connectivity index (χ0n) is 15.3. The van der Waals surface area contributed by atoms with Crippen molar-refractivity contribution in [1.82, 2.24) is 10.2 Å². The molecule has 3 aromatic rings. The molecule has 9 heteroatoms. The average molecular weight is 406 g/mol. The molecule has 6 nitrogen and oxygen atoms in total. The fraction of sp³-hybridized carbons (Fsp3) is 0.200. The number of phenolic OH excluding ortho intramolecular Hbond substituents is 1. The first kappa shape index (κ1) is 20.2. The molecule has 0 unspecified atom stereocenters. The lowest BCUT2D eigenvalue weighted by Crippen LogP contribution is -2.18. The summed E-state index contributed by atoms with van der Waals surface area (Å²) in [7, 11) is 1.20. The van der Waals surface area contributed by atoms with Crippen molar-refractivity contribution in [3.8, 4) is 5.75 Å². The Morgan fingerprint density at radius 1 is 1.07 bits per heavy atom. The molecular formula is C20H17F3N2O4. The summed E-state index contributed by atoms with van der Waals surface area (Å²) in [6.07, 6.45) is -0.442. The Hall–Kier alpha value is -3.49. The van der Waals surface area contributed by atoms with Crippen LogP contribution in [0.3, 0.4) is 0 Å². The van der Waals surface area contributed by atoms with Gasteiger partial charge in [-0.05, 0) is 29.3 Å². The van der Waals surface area contributed by atoms with Crippen molar-refractivity contribution < 1.29 is 27.8 Å². The second kappa shape index (κ2) is 8.26. The number of aromatic amines is 2. The first-order chi connectivity index (χ1) is 13.8. The molecule has 0 saturated carbocycles. The zero-order chi connectivity index (χ0) is 21.1. The highest BCUT2D eigenvalue weighted by Crippen LogP contribution is 2.30. The van der Waals surface area contributed by atoms with Gasteiger partial charge in [-0.25, -0.2) is 13.2 Å². The Morgan fingerprint density at radius 2 is 1.72 bits per heavy atom. The fourth-order valence-corrected chi connectivity index (χ4v) is 3.14. The van der Waals surface area contributed by atoms with E-state index in [1.165, 1.54) is 31.4 Å². The monoisotopic (exact) mass is 406 g/mol. The lowest BCUT2D eigenvalue weighted by molar-refractivity contribution is -0.140. The van der Waals surface area contributed by atoms with Crippen LogP contribution in [0.1, 0.15) is 34.7 Å². The minimum absolute atomic E-state index is 0.00220. The van der Waals surface area contributed by atoms with Crippen molar-refractivity contribution >= 4 is 5.97 Å². The summed E-state index contributed by atoms with van der Waals surface area (Å²) >= 11 is 0. The molecule has 0 aliphatic heterocycles. The van der Waals surface area contributed by atoms with Crippen LogP contribution in [-0.2, 0) is 16.0 Å². The highest BCUT2D eigenvalue weighted by Gasteiger charge is 2.26. The third-order valence-electron chi connectivity index (χ3n) is 4.60. The van der Waals surface area contributed by atoms with Crippen molar-refractivity contribution in [2.45, 2.75) is 18.8 Å². The summed E-state index contributed by atoms with van der Waals surface area (Å²) in [6.45, 7) is 0. The molecule has 3 N–H and O–H groups in total. The summed E-state index contributed by atoms with van der Waals surface area (Å²) in [5.74, 6) is -4.87. The molecule has 0 fully saturated rings. The number of benzene rings is 2. The van der Waals surface area contributed by atoms with Gasteiger partial charge in [-0.2, -0.15) is 0 Å². The van der Waals surface area contributed by atoms with Crippen LogP contribution in [0.25, 0.3) is 0 Å². The highest BCUT2D eigenvalue weighted by molar-refractivity contribution is 5.71. The summed E-state index contributed by atoms with van der Waals surface area (Å²) in [4.78, 5) is 24.4. The van der Waals surface area contributed by atoms with Gasteiger partial charge in [0.25, 0.3) is 5.56 Å². The van der Waals surface area contributed by atoms with Gasteiger partial charge in [-0.3, -0.25) is 14.7 Å². The van der Waals surface area contributed by atoms with E-state index >= 15 is 0 Å². The molecule has 0 radical (unpaired) electrons. The summed E-state index contributed by atoms with van der Waals surface area (Å²) < 4.78 is 45.5. The van der Waals surface area contributed by atoms with E-state index in [0.29, 0.717) is 11.6 Å². The molecule has 152 valence electrons. The Balaban J connectivity index is 2.06. The minimum Gasteiger partial charge on any atom is -0.508 e. The Labute approximate surface area is 162 Å². The molecule has 1 aromatic heterocycles. The first-order valence-corrected chi connectivity index (χ1v) is 8.58. The van der Waals surface area contributed by atoms with Crippen LogP contribution in [-0.4, -0.2) is 28.4 Å². The van der Waals surface area contributed by atoms with Crippen LogP contribution in [0.4, 0.5) is 13.2 Å². The average Bonchev–Trinajstić information content (AvgIpc) is 3.04. The summed E-state index contributed by atoms with van der Waals surface area (Å²) in [5, 5.41) is 14.5. The van der Waals surface area contributed by atoms with E-state index in [4.69, 9.17) is 4.74 Å². The smallest absolute Gasteiger partial charge is 0.306 e. The van der Waals surface area contributed by atoms with Gasteiger partial charge in [-0.15, -0.1) is 0 Å². The molecular weight excluding hydrogens is 389 g/mol. The summed E-state index contributed by atoms with van der Waals surface area (Å²) in [6, 6.07) is 7.02. The van der Waals surface area contributed by atoms with Gasteiger partial charge in [0.2, 0.25) is 0 Å². The number of hydrogen-bond donors (Lipinski definition) is 3. The topological polar surface area (TPSA) is 95.2 Å². The van der Waals surface area contributed by atoms with E-state index in [1.54, 1.807) is 0 Å². The van der Waals surface area contributed by atoms with Crippen LogP contribution in [0.5, 0.6) is 5.75 Å². The number of rotatable bonds is 6. The number of halogens is 3. The van der Waals surface area contributed by atoms with Crippen molar-refractivity contribution in [3.05, 3.63) is 86.6 Å². The molecule has 29 heavy (non-hydrogen) atoms. The number of carbonyl (C=O) groups excluding carboxylic acids is 1. The first-order valence-electron chi connectivity index (χ1n) is 8.58. The number of aromatic nitrogens is 2. The molecule has 0 aliphatic carbocycles. The van der Waals surface area contributed by atoms with E-state index < -0.39 is 34.9 Å². The third kappa shape index (κ3) is 4.34. The van der Waals surface area contributed by atoms with Crippen molar-refractivity contribution in [2.24, 2.45) is 0 Å². The quantitative estimate of drug-likeness (QED) is 0.433. The van der Waals surface area contributed by atoms with E-state index in [1.807, 2.05) is 0 Å². The van der Waals surface area contributed by atoms with E-state index in [9.17, 15) is 27.9 Å². The van der Waals surface area contributed by atoms with Crippen LogP contribution >= 0.6 is 0 Å². The highest BCUT2D eigenvalue weighted by atomic mass is 19.2. The van der Waals surface area contributed by atoms with Gasteiger partial charge < -0.3 is 14.9 Å². The van der Waals surface area contributed by atoms with Crippen molar-refractivity contribution in [3.63, 3.8) is 0 Å². The molecule has 0 amide bonds. The Morgan fingerprint density at radius 3 is 2.38 bits per heavy atom. The minimum atomic E-state index is -1.32. The maximum atomic E-state index is 14.1. The van der Waals surface area contributed by atoms with Gasteiger partial charge in [-0.1, -0.05) is 12.1 Å². The SMILES string of the molecule is COC(=O)C[C@@H](c1ccc(O)cc1)c1c(Cc2cc(F)c(F)cc2F)[nH][nH]c1=O.